The van der Waals surface area contributed by atoms with Gasteiger partial charge in [0.15, 0.2) is 0 Å². The van der Waals surface area contributed by atoms with Crippen molar-refractivity contribution in [2.45, 2.75) is 0 Å². The third-order valence-corrected chi connectivity index (χ3v) is 4.37. The predicted octanol–water partition coefficient (Wildman–Crippen LogP) is 3.57. The minimum Gasteiger partial charge on any atom is -0.545 e. The summed E-state index contributed by atoms with van der Waals surface area (Å²) in [6, 6.07) is 16.7. The average Bonchev–Trinajstić information content (AvgIpc) is 2.66. The number of aromatic carboxylic acids is 1. The summed E-state index contributed by atoms with van der Waals surface area (Å²) >= 11 is 0. The van der Waals surface area contributed by atoms with Gasteiger partial charge in [0, 0.05) is 22.6 Å². The Bertz CT molecular complexity index is 1170. The van der Waals surface area contributed by atoms with Crippen LogP contribution in [0.5, 0.6) is 5.75 Å². The maximum absolute atomic E-state index is 14.4. The van der Waals surface area contributed by atoms with Gasteiger partial charge in [-0.1, -0.05) is 30.3 Å². The van der Waals surface area contributed by atoms with Crippen LogP contribution >= 0.6 is 0 Å². The molecule has 0 aliphatic carbocycles. The van der Waals surface area contributed by atoms with Gasteiger partial charge in [0.05, 0.1) is 24.3 Å². The minimum atomic E-state index is -1.33. The Balaban J connectivity index is 2.04. The highest BCUT2D eigenvalue weighted by Crippen LogP contribution is 2.32. The van der Waals surface area contributed by atoms with E-state index in [-0.39, 0.29) is 16.8 Å². The van der Waals surface area contributed by atoms with Crippen LogP contribution in [0, 0.1) is 5.82 Å². The Kier molecular flexibility index (Phi) is 3.77. The van der Waals surface area contributed by atoms with Gasteiger partial charge in [-0.05, 0) is 35.0 Å². The number of carboxylic acids is 1. The molecule has 0 saturated heterocycles. The number of methoxy groups -OCH3 is 1. The van der Waals surface area contributed by atoms with E-state index in [0.717, 1.165) is 10.8 Å². The molecule has 26 heavy (non-hydrogen) atoms. The van der Waals surface area contributed by atoms with E-state index in [9.17, 15) is 14.3 Å². The first-order valence-corrected chi connectivity index (χ1v) is 7.96. The first-order valence-electron chi connectivity index (χ1n) is 7.96. The lowest BCUT2D eigenvalue weighted by Gasteiger charge is -2.13. The molecular formula is C21H13FNO3-. The molecular weight excluding hydrogens is 333 g/mol. The lowest BCUT2D eigenvalue weighted by atomic mass is 9.98. The second-order valence-corrected chi connectivity index (χ2v) is 5.87. The van der Waals surface area contributed by atoms with E-state index in [2.05, 4.69) is 4.98 Å². The number of aromatic nitrogens is 1. The summed E-state index contributed by atoms with van der Waals surface area (Å²) < 4.78 is 19.4. The van der Waals surface area contributed by atoms with Crippen LogP contribution in [0.25, 0.3) is 32.9 Å². The van der Waals surface area contributed by atoms with Crippen molar-refractivity contribution < 1.29 is 19.0 Å². The zero-order valence-corrected chi connectivity index (χ0v) is 13.8. The second kappa shape index (κ2) is 6.11. The second-order valence-electron chi connectivity index (χ2n) is 5.87. The van der Waals surface area contributed by atoms with Gasteiger partial charge in [0.2, 0.25) is 0 Å². The van der Waals surface area contributed by atoms with Gasteiger partial charge in [-0.15, -0.1) is 0 Å². The molecule has 0 aliphatic rings. The number of hydrogen-bond acceptors (Lipinski definition) is 4. The molecule has 4 rings (SSSR count). The maximum atomic E-state index is 14.4. The molecule has 3 aromatic carbocycles. The van der Waals surface area contributed by atoms with Gasteiger partial charge in [0.25, 0.3) is 0 Å². The lowest BCUT2D eigenvalue weighted by molar-refractivity contribution is -0.254. The van der Waals surface area contributed by atoms with E-state index in [1.807, 2.05) is 30.3 Å². The fraction of sp³-hybridized carbons (Fsp3) is 0.0476. The molecule has 5 heteroatoms. The van der Waals surface area contributed by atoms with Crippen molar-refractivity contribution in [2.75, 3.05) is 7.11 Å². The number of fused-ring (bicyclic) bond motifs is 3. The number of benzene rings is 3. The molecule has 0 bridgehead atoms. The maximum Gasteiger partial charge on any atom is 0.136 e. The fourth-order valence-corrected chi connectivity index (χ4v) is 3.14. The van der Waals surface area contributed by atoms with Crippen LogP contribution in [0.3, 0.4) is 0 Å². The number of halogens is 1. The quantitative estimate of drug-likeness (QED) is 0.532. The van der Waals surface area contributed by atoms with Crippen LogP contribution < -0.4 is 9.84 Å². The van der Waals surface area contributed by atoms with Crippen LogP contribution in [-0.4, -0.2) is 18.1 Å². The summed E-state index contributed by atoms with van der Waals surface area (Å²) in [7, 11) is 1.45. The molecule has 4 nitrogen and oxygen atoms in total. The van der Waals surface area contributed by atoms with Crippen LogP contribution in [0.1, 0.15) is 10.4 Å². The van der Waals surface area contributed by atoms with Crippen LogP contribution in [-0.2, 0) is 0 Å². The number of nitrogens with zero attached hydrogens (tertiary/aromatic N) is 1. The van der Waals surface area contributed by atoms with E-state index >= 15 is 0 Å². The van der Waals surface area contributed by atoms with Crippen molar-refractivity contribution in [1.82, 2.24) is 4.98 Å². The summed E-state index contributed by atoms with van der Waals surface area (Å²) in [6.45, 7) is 0. The standard InChI is InChI=1S/C21H14FNO3/c1-26-13-7-8-15(17(22)10-13)19-11-16(21(24)25)20-14-5-3-2-4-12(14)6-9-18(20)23-19/h2-11H,1H3,(H,24,25)/p-1. The number of carbonyl (C=O) groups excluding carboxylic acids is 1. The Morgan fingerprint density at radius 2 is 1.88 bits per heavy atom. The van der Waals surface area contributed by atoms with Gasteiger partial charge in [-0.25, -0.2) is 9.37 Å². The van der Waals surface area contributed by atoms with E-state index in [4.69, 9.17) is 4.74 Å². The number of ether oxygens (including phenoxy) is 1. The topological polar surface area (TPSA) is 62.2 Å². The van der Waals surface area contributed by atoms with Gasteiger partial charge in [0.1, 0.15) is 11.6 Å². The van der Waals surface area contributed by atoms with Gasteiger partial charge < -0.3 is 14.6 Å². The highest BCUT2D eigenvalue weighted by Gasteiger charge is 2.14. The van der Waals surface area contributed by atoms with Crippen molar-refractivity contribution in [3.05, 3.63) is 72.0 Å². The number of pyridine rings is 1. The largest absolute Gasteiger partial charge is 0.545 e. The molecule has 0 unspecified atom stereocenters. The Hall–Kier alpha value is -3.47. The Labute approximate surface area is 148 Å². The molecule has 1 heterocycles. The molecule has 0 fully saturated rings. The molecule has 0 atom stereocenters. The Morgan fingerprint density at radius 3 is 2.62 bits per heavy atom. The van der Waals surface area contributed by atoms with E-state index in [0.29, 0.717) is 16.7 Å². The molecule has 0 radical (unpaired) electrons. The number of carbonyl (C=O) groups is 1. The van der Waals surface area contributed by atoms with Crippen LogP contribution in [0.4, 0.5) is 4.39 Å². The smallest absolute Gasteiger partial charge is 0.136 e. The molecule has 128 valence electrons. The minimum absolute atomic E-state index is 0.0166. The molecule has 0 amide bonds. The van der Waals surface area contributed by atoms with E-state index in [1.165, 1.54) is 25.3 Å². The molecule has 4 aromatic rings. The van der Waals surface area contributed by atoms with Crippen molar-refractivity contribution in [3.63, 3.8) is 0 Å². The van der Waals surface area contributed by atoms with Crippen LogP contribution in [0.2, 0.25) is 0 Å². The molecule has 0 spiro atoms. The zero-order valence-electron chi connectivity index (χ0n) is 13.8. The number of hydrogen-bond donors (Lipinski definition) is 0. The molecule has 0 saturated carbocycles. The molecule has 0 N–H and O–H groups in total. The van der Waals surface area contributed by atoms with E-state index in [1.54, 1.807) is 12.1 Å². The monoisotopic (exact) mass is 346 g/mol. The van der Waals surface area contributed by atoms with Crippen molar-refractivity contribution >= 4 is 27.6 Å². The first kappa shape index (κ1) is 16.0. The van der Waals surface area contributed by atoms with Gasteiger partial charge >= 0.3 is 0 Å². The SMILES string of the molecule is COc1ccc(-c2cc(C(=O)[O-])c3c(ccc4ccccc43)n2)c(F)c1. The summed E-state index contributed by atoms with van der Waals surface area (Å²) in [5, 5.41) is 13.9. The van der Waals surface area contributed by atoms with Crippen molar-refractivity contribution in [3.8, 4) is 17.0 Å². The zero-order chi connectivity index (χ0) is 18.3. The highest BCUT2D eigenvalue weighted by molar-refractivity contribution is 6.15. The Morgan fingerprint density at radius 1 is 1.08 bits per heavy atom. The third-order valence-electron chi connectivity index (χ3n) is 4.37. The van der Waals surface area contributed by atoms with E-state index < -0.39 is 11.8 Å². The summed E-state index contributed by atoms with van der Waals surface area (Å²) in [5.74, 6) is -1.50. The average molecular weight is 346 g/mol. The highest BCUT2D eigenvalue weighted by atomic mass is 19.1. The van der Waals surface area contributed by atoms with Crippen molar-refractivity contribution in [1.29, 1.82) is 0 Å². The third kappa shape index (κ3) is 2.54. The normalized spacial score (nSPS) is 11.0. The molecule has 1 aromatic heterocycles. The fourth-order valence-electron chi connectivity index (χ4n) is 3.14. The molecule has 0 aliphatic heterocycles. The van der Waals surface area contributed by atoms with Crippen LogP contribution in [0.15, 0.2) is 60.7 Å². The van der Waals surface area contributed by atoms with Gasteiger partial charge in [-0.2, -0.15) is 0 Å². The predicted molar refractivity (Wildman–Crippen MR) is 95.5 cm³/mol. The lowest BCUT2D eigenvalue weighted by Crippen LogP contribution is -2.23. The number of carboxylic acid groups (broad SMARTS) is 1. The first-order chi connectivity index (χ1) is 12.6. The van der Waals surface area contributed by atoms with Gasteiger partial charge in [-0.3, -0.25) is 0 Å². The number of rotatable bonds is 3. The van der Waals surface area contributed by atoms with Crippen molar-refractivity contribution in [2.24, 2.45) is 0 Å². The summed E-state index contributed by atoms with van der Waals surface area (Å²) in [5.41, 5.74) is 0.878. The summed E-state index contributed by atoms with van der Waals surface area (Å²) in [6.07, 6.45) is 0. The summed E-state index contributed by atoms with van der Waals surface area (Å²) in [4.78, 5) is 16.3.